The first-order chi connectivity index (χ1) is 10.0. The number of hydrogen-bond acceptors (Lipinski definition) is 7. The molecule has 8 nitrogen and oxygen atoms in total. The first kappa shape index (κ1) is 14.9. The molecular weight excluding hydrogens is 346 g/mol. The van der Waals surface area contributed by atoms with E-state index in [1.54, 1.807) is 6.07 Å². The van der Waals surface area contributed by atoms with E-state index in [1.165, 1.54) is 19.5 Å². The molecule has 2 heterocycles. The molecule has 2 aromatic heterocycles. The first-order valence-corrected chi connectivity index (χ1v) is 6.31. The number of pyridine rings is 2. The number of carbonyl (C=O) groups excluding carboxylic acids is 1. The van der Waals surface area contributed by atoms with Gasteiger partial charge >= 0.3 is 11.7 Å². The maximum atomic E-state index is 11.4. The van der Waals surface area contributed by atoms with Gasteiger partial charge in [-0.1, -0.05) is 0 Å². The first-order valence-electron chi connectivity index (χ1n) is 5.52. The van der Waals surface area contributed by atoms with Gasteiger partial charge in [-0.2, -0.15) is 0 Å². The van der Waals surface area contributed by atoms with Crippen LogP contribution in [0.25, 0.3) is 0 Å². The molecule has 0 aliphatic heterocycles. The van der Waals surface area contributed by atoms with Crippen molar-refractivity contribution >= 4 is 27.6 Å². The van der Waals surface area contributed by atoms with Crippen molar-refractivity contribution < 1.29 is 19.2 Å². The molecule has 108 valence electrons. The van der Waals surface area contributed by atoms with Gasteiger partial charge in [0.15, 0.2) is 0 Å². The fourth-order valence-corrected chi connectivity index (χ4v) is 1.78. The molecule has 0 unspecified atom stereocenters. The summed E-state index contributed by atoms with van der Waals surface area (Å²) in [5, 5.41) is 11.1. The van der Waals surface area contributed by atoms with Gasteiger partial charge in [0.1, 0.15) is 5.75 Å². The van der Waals surface area contributed by atoms with Gasteiger partial charge in [-0.05, 0) is 22.0 Å². The monoisotopic (exact) mass is 353 g/mol. The lowest BCUT2D eigenvalue weighted by Crippen LogP contribution is -2.04. The van der Waals surface area contributed by atoms with E-state index in [0.29, 0.717) is 4.47 Å². The molecule has 0 radical (unpaired) electrons. The number of nitrogens with zero attached hydrogens (tertiary/aromatic N) is 3. The van der Waals surface area contributed by atoms with Crippen LogP contribution in [0.4, 0.5) is 5.69 Å². The van der Waals surface area contributed by atoms with Gasteiger partial charge in [-0.15, -0.1) is 0 Å². The average molecular weight is 354 g/mol. The van der Waals surface area contributed by atoms with Gasteiger partial charge in [0.25, 0.3) is 5.88 Å². The van der Waals surface area contributed by atoms with Crippen LogP contribution in [0.5, 0.6) is 11.6 Å². The largest absolute Gasteiger partial charge is 0.465 e. The van der Waals surface area contributed by atoms with E-state index in [1.807, 2.05) is 0 Å². The second kappa shape index (κ2) is 6.27. The predicted molar refractivity (Wildman–Crippen MR) is 74.2 cm³/mol. The summed E-state index contributed by atoms with van der Waals surface area (Å²) in [6.45, 7) is 0. The minimum atomic E-state index is -0.721. The van der Waals surface area contributed by atoms with Crippen LogP contribution < -0.4 is 4.74 Å². The summed E-state index contributed by atoms with van der Waals surface area (Å²) >= 11 is 3.20. The zero-order valence-corrected chi connectivity index (χ0v) is 12.2. The quantitative estimate of drug-likeness (QED) is 0.472. The SMILES string of the molecule is COC(=O)c1cnc(Oc2cncc(Br)c2)c([N+](=O)[O-])c1. The highest BCUT2D eigenvalue weighted by atomic mass is 79.9. The summed E-state index contributed by atoms with van der Waals surface area (Å²) in [4.78, 5) is 29.4. The molecule has 0 atom stereocenters. The molecular formula is C12H8BrN3O5. The zero-order valence-electron chi connectivity index (χ0n) is 10.6. The molecule has 0 aliphatic rings. The number of hydrogen-bond donors (Lipinski definition) is 0. The summed E-state index contributed by atoms with van der Waals surface area (Å²) in [5.74, 6) is -0.695. The average Bonchev–Trinajstić information content (AvgIpc) is 2.46. The molecule has 21 heavy (non-hydrogen) atoms. The van der Waals surface area contributed by atoms with Crippen LogP contribution in [0.3, 0.4) is 0 Å². The van der Waals surface area contributed by atoms with E-state index in [4.69, 9.17) is 4.74 Å². The molecule has 9 heteroatoms. The standard InChI is InChI=1S/C12H8BrN3O5/c1-20-12(17)7-2-10(16(18)19)11(15-4-7)21-9-3-8(13)5-14-6-9/h2-6H,1H3. The topological polar surface area (TPSA) is 104 Å². The van der Waals surface area contributed by atoms with E-state index in [9.17, 15) is 14.9 Å². The second-order valence-electron chi connectivity index (χ2n) is 3.74. The molecule has 0 bridgehead atoms. The van der Waals surface area contributed by atoms with Gasteiger partial charge in [-0.3, -0.25) is 15.1 Å². The van der Waals surface area contributed by atoms with Crippen LogP contribution in [0, 0.1) is 10.1 Å². The van der Waals surface area contributed by atoms with Gasteiger partial charge in [-0.25, -0.2) is 9.78 Å². The predicted octanol–water partition coefficient (Wildman–Crippen LogP) is 2.73. The molecule has 0 spiro atoms. The third kappa shape index (κ3) is 3.51. The van der Waals surface area contributed by atoms with E-state index in [2.05, 4.69) is 30.6 Å². The summed E-state index contributed by atoms with van der Waals surface area (Å²) in [5.41, 5.74) is -0.484. The van der Waals surface area contributed by atoms with Crippen LogP contribution in [-0.2, 0) is 4.74 Å². The Kier molecular flexibility index (Phi) is 4.43. The maximum Gasteiger partial charge on any atom is 0.339 e. The van der Waals surface area contributed by atoms with Gasteiger partial charge in [0.2, 0.25) is 0 Å². The number of esters is 1. The summed E-state index contributed by atoms with van der Waals surface area (Å²) in [6.07, 6.45) is 4.05. The van der Waals surface area contributed by atoms with E-state index in [-0.39, 0.29) is 17.2 Å². The molecule has 0 N–H and O–H groups in total. The number of halogens is 1. The lowest BCUT2D eigenvalue weighted by molar-refractivity contribution is -0.386. The van der Waals surface area contributed by atoms with E-state index in [0.717, 1.165) is 12.3 Å². The van der Waals surface area contributed by atoms with Crippen LogP contribution in [-0.4, -0.2) is 28.0 Å². The number of aromatic nitrogens is 2. The minimum Gasteiger partial charge on any atom is -0.465 e. The van der Waals surface area contributed by atoms with Crippen molar-refractivity contribution in [3.8, 4) is 11.6 Å². The highest BCUT2D eigenvalue weighted by molar-refractivity contribution is 9.10. The van der Waals surface area contributed by atoms with Crippen molar-refractivity contribution in [1.29, 1.82) is 0 Å². The third-order valence-electron chi connectivity index (χ3n) is 2.34. The fraction of sp³-hybridized carbons (Fsp3) is 0.0833. The molecule has 2 aromatic rings. The molecule has 0 aromatic carbocycles. The molecule has 0 fully saturated rings. The van der Waals surface area contributed by atoms with Crippen LogP contribution in [0.2, 0.25) is 0 Å². The lowest BCUT2D eigenvalue weighted by Gasteiger charge is -2.06. The number of nitro groups is 1. The summed E-state index contributed by atoms with van der Waals surface area (Å²) < 4.78 is 10.5. The number of carbonyl (C=O) groups is 1. The molecule has 0 saturated heterocycles. The van der Waals surface area contributed by atoms with Crippen molar-refractivity contribution in [1.82, 2.24) is 9.97 Å². The van der Waals surface area contributed by atoms with Crippen LogP contribution >= 0.6 is 15.9 Å². The Balaban J connectivity index is 2.39. The maximum absolute atomic E-state index is 11.4. The zero-order chi connectivity index (χ0) is 15.4. The second-order valence-corrected chi connectivity index (χ2v) is 4.65. The van der Waals surface area contributed by atoms with Crippen molar-refractivity contribution in [3.05, 3.63) is 50.9 Å². The Labute approximate surface area is 127 Å². The van der Waals surface area contributed by atoms with Crippen LogP contribution in [0.15, 0.2) is 35.2 Å². The van der Waals surface area contributed by atoms with Crippen molar-refractivity contribution in [3.63, 3.8) is 0 Å². The van der Waals surface area contributed by atoms with E-state index < -0.39 is 16.6 Å². The highest BCUT2D eigenvalue weighted by Gasteiger charge is 2.21. The van der Waals surface area contributed by atoms with Crippen molar-refractivity contribution in [2.24, 2.45) is 0 Å². The number of rotatable bonds is 4. The Bertz CT molecular complexity index is 707. The third-order valence-corrected chi connectivity index (χ3v) is 2.78. The molecule has 2 rings (SSSR count). The smallest absolute Gasteiger partial charge is 0.339 e. The molecule has 0 aliphatic carbocycles. The van der Waals surface area contributed by atoms with Crippen LogP contribution in [0.1, 0.15) is 10.4 Å². The van der Waals surface area contributed by atoms with Gasteiger partial charge < -0.3 is 9.47 Å². The van der Waals surface area contributed by atoms with E-state index >= 15 is 0 Å². The Hall–Kier alpha value is -2.55. The van der Waals surface area contributed by atoms with Crippen molar-refractivity contribution in [2.45, 2.75) is 0 Å². The highest BCUT2D eigenvalue weighted by Crippen LogP contribution is 2.30. The Morgan fingerprint density at radius 3 is 2.71 bits per heavy atom. The summed E-state index contributed by atoms with van der Waals surface area (Å²) in [6, 6.07) is 2.62. The fourth-order valence-electron chi connectivity index (χ4n) is 1.44. The lowest BCUT2D eigenvalue weighted by atomic mass is 10.2. The minimum absolute atomic E-state index is 0.0380. The van der Waals surface area contributed by atoms with Gasteiger partial charge in [0, 0.05) is 22.9 Å². The Morgan fingerprint density at radius 2 is 2.10 bits per heavy atom. The molecule has 0 saturated carbocycles. The van der Waals surface area contributed by atoms with Gasteiger partial charge in [0.05, 0.1) is 23.8 Å². The number of methoxy groups -OCH3 is 1. The summed E-state index contributed by atoms with van der Waals surface area (Å²) in [7, 11) is 1.17. The van der Waals surface area contributed by atoms with Crippen molar-refractivity contribution in [2.75, 3.05) is 7.11 Å². The Morgan fingerprint density at radius 1 is 1.33 bits per heavy atom. The molecule has 0 amide bonds. The normalized spacial score (nSPS) is 10.0. The number of ether oxygens (including phenoxy) is 2.